The van der Waals surface area contributed by atoms with Gasteiger partial charge in [-0.2, -0.15) is 13.2 Å². The van der Waals surface area contributed by atoms with E-state index in [0.29, 0.717) is 3.57 Å². The molecule has 1 rings (SSSR count). The first-order valence-electron chi connectivity index (χ1n) is 3.59. The van der Waals surface area contributed by atoms with Crippen LogP contribution in [0.1, 0.15) is 11.6 Å². The number of hydrogen-bond donors (Lipinski definition) is 1. The molecule has 0 aliphatic carbocycles. The van der Waals surface area contributed by atoms with Gasteiger partial charge in [0.1, 0.15) is 6.04 Å². The topological polar surface area (TPSA) is 26.0 Å². The number of halogens is 6. The van der Waals surface area contributed by atoms with Crippen molar-refractivity contribution in [3.05, 3.63) is 30.9 Å². The predicted molar refractivity (Wildman–Crippen MR) is 72.1 cm³/mol. The lowest BCUT2D eigenvalue weighted by molar-refractivity contribution is -0.149. The molecule has 0 fully saturated rings. The fourth-order valence-electron chi connectivity index (χ4n) is 0.930. The zero-order chi connectivity index (χ0) is 10.9. The molecule has 0 unspecified atom stereocenters. The van der Waals surface area contributed by atoms with Crippen LogP contribution in [0.25, 0.3) is 0 Å². The third-order valence-corrected chi connectivity index (χ3v) is 3.26. The van der Waals surface area contributed by atoms with Gasteiger partial charge in [0, 0.05) is 7.14 Å². The summed E-state index contributed by atoms with van der Waals surface area (Å²) in [6, 6.07) is 2.80. The van der Waals surface area contributed by atoms with Gasteiger partial charge in [0.2, 0.25) is 0 Å². The Hall–Kier alpha value is 0.720. The molecular formula is C8H7ClF3I2N. The van der Waals surface area contributed by atoms with Gasteiger partial charge < -0.3 is 5.73 Å². The van der Waals surface area contributed by atoms with Crippen LogP contribution in [0.3, 0.4) is 0 Å². The minimum Gasteiger partial charge on any atom is -0.316 e. The molecule has 15 heavy (non-hydrogen) atoms. The van der Waals surface area contributed by atoms with Crippen molar-refractivity contribution in [3.8, 4) is 0 Å². The molecule has 0 aromatic heterocycles. The van der Waals surface area contributed by atoms with Gasteiger partial charge in [-0.15, -0.1) is 12.4 Å². The molecule has 1 nitrogen and oxygen atoms in total. The minimum atomic E-state index is -4.38. The third kappa shape index (κ3) is 4.23. The van der Waals surface area contributed by atoms with Crippen molar-refractivity contribution in [1.29, 1.82) is 0 Å². The van der Waals surface area contributed by atoms with E-state index in [-0.39, 0.29) is 18.0 Å². The van der Waals surface area contributed by atoms with E-state index in [9.17, 15) is 13.2 Å². The van der Waals surface area contributed by atoms with Crippen molar-refractivity contribution in [3.63, 3.8) is 0 Å². The molecule has 0 aliphatic heterocycles. The average Bonchev–Trinajstić information content (AvgIpc) is 2.01. The van der Waals surface area contributed by atoms with Crippen LogP contribution in [-0.2, 0) is 0 Å². The minimum absolute atomic E-state index is 0. The van der Waals surface area contributed by atoms with Gasteiger partial charge in [-0.25, -0.2) is 0 Å². The first-order chi connectivity index (χ1) is 6.32. The Labute approximate surface area is 119 Å². The van der Waals surface area contributed by atoms with Crippen molar-refractivity contribution in [1.82, 2.24) is 0 Å². The zero-order valence-electron chi connectivity index (χ0n) is 7.18. The molecular weight excluding hydrogens is 456 g/mol. The molecule has 1 aromatic carbocycles. The van der Waals surface area contributed by atoms with Crippen LogP contribution in [0.4, 0.5) is 13.2 Å². The average molecular weight is 463 g/mol. The van der Waals surface area contributed by atoms with Gasteiger partial charge in [-0.1, -0.05) is 6.07 Å². The Morgan fingerprint density at radius 3 is 2.13 bits per heavy atom. The second-order valence-electron chi connectivity index (χ2n) is 2.69. The van der Waals surface area contributed by atoms with Crippen LogP contribution in [0.5, 0.6) is 0 Å². The maximum atomic E-state index is 12.3. The fourth-order valence-corrected chi connectivity index (χ4v) is 2.87. The molecule has 1 atom stereocenters. The molecule has 7 heteroatoms. The van der Waals surface area contributed by atoms with E-state index in [0.717, 1.165) is 3.57 Å². The van der Waals surface area contributed by atoms with Crippen molar-refractivity contribution in [2.24, 2.45) is 5.73 Å². The summed E-state index contributed by atoms with van der Waals surface area (Å²) in [5.74, 6) is 0. The largest absolute Gasteiger partial charge is 0.407 e. The Morgan fingerprint density at radius 2 is 1.73 bits per heavy atom. The molecule has 0 aliphatic rings. The van der Waals surface area contributed by atoms with Gasteiger partial charge in [0.15, 0.2) is 0 Å². The number of rotatable bonds is 1. The Morgan fingerprint density at radius 1 is 1.20 bits per heavy atom. The van der Waals surface area contributed by atoms with Crippen molar-refractivity contribution >= 4 is 57.6 Å². The van der Waals surface area contributed by atoms with Crippen LogP contribution in [0.2, 0.25) is 0 Å². The van der Waals surface area contributed by atoms with E-state index in [4.69, 9.17) is 5.73 Å². The predicted octanol–water partition coefficient (Wildman–Crippen LogP) is 3.88. The van der Waals surface area contributed by atoms with Gasteiger partial charge in [-0.05, 0) is 62.9 Å². The van der Waals surface area contributed by atoms with Gasteiger partial charge in [-0.3, -0.25) is 0 Å². The Bertz CT molecular complexity index is 343. The number of hydrogen-bond acceptors (Lipinski definition) is 1. The summed E-state index contributed by atoms with van der Waals surface area (Å²) in [7, 11) is 0. The van der Waals surface area contributed by atoms with Gasteiger partial charge in [0.25, 0.3) is 0 Å². The number of benzene rings is 1. The Kier molecular flexibility index (Phi) is 6.16. The van der Waals surface area contributed by atoms with Crippen LogP contribution in [0, 0.1) is 7.14 Å². The van der Waals surface area contributed by atoms with Crippen LogP contribution < -0.4 is 5.73 Å². The van der Waals surface area contributed by atoms with Gasteiger partial charge in [0.05, 0.1) is 0 Å². The quantitative estimate of drug-likeness (QED) is 0.629. The SMILES string of the molecule is Cl.N[C@H](c1ccc(I)cc1I)C(F)(F)F. The summed E-state index contributed by atoms with van der Waals surface area (Å²) in [6.07, 6.45) is -4.38. The highest BCUT2D eigenvalue weighted by molar-refractivity contribution is 14.1. The summed E-state index contributed by atoms with van der Waals surface area (Å²) in [6.45, 7) is 0. The molecule has 2 N–H and O–H groups in total. The first-order valence-corrected chi connectivity index (χ1v) is 5.75. The molecule has 0 radical (unpaired) electrons. The molecule has 0 amide bonds. The summed E-state index contributed by atoms with van der Waals surface area (Å²) >= 11 is 3.90. The lowest BCUT2D eigenvalue weighted by Gasteiger charge is -2.17. The van der Waals surface area contributed by atoms with E-state index < -0.39 is 12.2 Å². The van der Waals surface area contributed by atoms with Crippen LogP contribution in [-0.4, -0.2) is 6.18 Å². The van der Waals surface area contributed by atoms with Crippen LogP contribution in [0.15, 0.2) is 18.2 Å². The highest BCUT2D eigenvalue weighted by atomic mass is 127. The molecule has 0 bridgehead atoms. The van der Waals surface area contributed by atoms with Crippen molar-refractivity contribution in [2.75, 3.05) is 0 Å². The summed E-state index contributed by atoms with van der Waals surface area (Å²) in [4.78, 5) is 0. The summed E-state index contributed by atoms with van der Waals surface area (Å²) in [5.41, 5.74) is 5.21. The normalized spacial score (nSPS) is 13.2. The fraction of sp³-hybridized carbons (Fsp3) is 0.250. The number of nitrogens with two attached hydrogens (primary N) is 1. The van der Waals surface area contributed by atoms with E-state index >= 15 is 0 Å². The van der Waals surface area contributed by atoms with E-state index in [1.807, 2.05) is 45.2 Å². The highest BCUT2D eigenvalue weighted by Gasteiger charge is 2.38. The lowest BCUT2D eigenvalue weighted by Crippen LogP contribution is -2.29. The van der Waals surface area contributed by atoms with Crippen molar-refractivity contribution in [2.45, 2.75) is 12.2 Å². The third-order valence-electron chi connectivity index (χ3n) is 1.65. The summed E-state index contributed by atoms with van der Waals surface area (Å²) in [5, 5.41) is 0. The van der Waals surface area contributed by atoms with E-state index in [1.165, 1.54) is 6.07 Å². The van der Waals surface area contributed by atoms with E-state index in [1.54, 1.807) is 12.1 Å². The Balaban J connectivity index is 0.00000196. The molecule has 0 spiro atoms. The first kappa shape index (κ1) is 15.7. The summed E-state index contributed by atoms with van der Waals surface area (Å²) < 4.78 is 38.3. The maximum Gasteiger partial charge on any atom is 0.407 e. The smallest absolute Gasteiger partial charge is 0.316 e. The van der Waals surface area contributed by atoms with Gasteiger partial charge >= 0.3 is 6.18 Å². The van der Waals surface area contributed by atoms with E-state index in [2.05, 4.69) is 0 Å². The standard InChI is InChI=1S/C8H6F3I2N.ClH/c9-8(10,11)7(14)5-2-1-4(12)3-6(5)13;/h1-3,7H,14H2;1H/t7-;/m1./s1. The maximum absolute atomic E-state index is 12.3. The molecule has 0 saturated heterocycles. The molecule has 86 valence electrons. The number of alkyl halides is 3. The molecule has 0 saturated carbocycles. The second kappa shape index (κ2) is 5.87. The van der Waals surface area contributed by atoms with Crippen LogP contribution >= 0.6 is 57.6 Å². The molecule has 0 heterocycles. The molecule has 1 aromatic rings. The second-order valence-corrected chi connectivity index (χ2v) is 5.09. The zero-order valence-corrected chi connectivity index (χ0v) is 12.3. The monoisotopic (exact) mass is 463 g/mol. The lowest BCUT2D eigenvalue weighted by atomic mass is 10.1. The van der Waals surface area contributed by atoms with Crippen molar-refractivity contribution < 1.29 is 13.2 Å². The highest BCUT2D eigenvalue weighted by Crippen LogP contribution is 2.33.